The summed E-state index contributed by atoms with van der Waals surface area (Å²) in [4.78, 5) is 13.4. The molecule has 0 aliphatic carbocycles. The lowest BCUT2D eigenvalue weighted by Gasteiger charge is -2.21. The van der Waals surface area contributed by atoms with E-state index in [4.69, 9.17) is 35.3 Å². The maximum absolute atomic E-state index is 11.7. The van der Waals surface area contributed by atoms with Crippen molar-refractivity contribution in [3.05, 3.63) is 0 Å². The Morgan fingerprint density at radius 1 is 0.682 bits per heavy atom. The molecule has 22 heavy (non-hydrogen) atoms. The summed E-state index contributed by atoms with van der Waals surface area (Å²) in [7, 11) is 0. The van der Waals surface area contributed by atoms with Crippen molar-refractivity contribution in [3.8, 4) is 0 Å². The molecular weight excluding hydrogens is 314 g/mol. The second-order valence-electron chi connectivity index (χ2n) is 4.58. The molecule has 0 radical (unpaired) electrons. The van der Waals surface area contributed by atoms with Gasteiger partial charge in [-0.1, -0.05) is 0 Å². The lowest BCUT2D eigenvalue weighted by Crippen LogP contribution is -2.37. The summed E-state index contributed by atoms with van der Waals surface area (Å²) < 4.78 is 26.9. The fraction of sp³-hybridized carbons (Fsp3) is 0.929. The van der Waals surface area contributed by atoms with Crippen molar-refractivity contribution >= 4 is 17.5 Å². The van der Waals surface area contributed by atoms with E-state index in [2.05, 4.69) is 0 Å². The SMILES string of the molecule is O=C(CCl)N1CCOCCOCCOCCOCCOCC1. The molecule has 0 spiro atoms. The Hall–Kier alpha value is -0.440. The molecule has 0 atom stereocenters. The van der Waals surface area contributed by atoms with Crippen LogP contribution in [-0.2, 0) is 28.5 Å². The third kappa shape index (κ3) is 10.3. The second-order valence-corrected chi connectivity index (χ2v) is 4.84. The molecule has 0 saturated carbocycles. The third-order valence-electron chi connectivity index (χ3n) is 2.97. The first-order valence-corrected chi connectivity index (χ1v) is 8.10. The van der Waals surface area contributed by atoms with Crippen LogP contribution in [0.2, 0.25) is 0 Å². The van der Waals surface area contributed by atoms with Crippen molar-refractivity contribution < 1.29 is 28.5 Å². The molecule has 7 nitrogen and oxygen atoms in total. The lowest BCUT2D eigenvalue weighted by molar-refractivity contribution is -0.130. The number of rotatable bonds is 1. The van der Waals surface area contributed by atoms with Crippen LogP contribution in [0.15, 0.2) is 0 Å². The van der Waals surface area contributed by atoms with Crippen LogP contribution in [0.4, 0.5) is 0 Å². The zero-order valence-corrected chi connectivity index (χ0v) is 13.7. The Kier molecular flexibility index (Phi) is 12.6. The van der Waals surface area contributed by atoms with Gasteiger partial charge in [-0.25, -0.2) is 0 Å². The van der Waals surface area contributed by atoms with E-state index in [0.29, 0.717) is 79.2 Å². The highest BCUT2D eigenvalue weighted by molar-refractivity contribution is 6.27. The predicted octanol–water partition coefficient (Wildman–Crippen LogP) is 0.150. The van der Waals surface area contributed by atoms with Gasteiger partial charge < -0.3 is 28.6 Å². The number of nitrogens with zero attached hydrogens (tertiary/aromatic N) is 1. The zero-order valence-electron chi connectivity index (χ0n) is 13.0. The van der Waals surface area contributed by atoms with E-state index in [1.54, 1.807) is 4.90 Å². The number of alkyl halides is 1. The zero-order chi connectivity index (χ0) is 15.9. The summed E-state index contributed by atoms with van der Waals surface area (Å²) in [6, 6.07) is 0. The summed E-state index contributed by atoms with van der Waals surface area (Å²) >= 11 is 5.61. The van der Waals surface area contributed by atoms with Gasteiger partial charge in [0.25, 0.3) is 0 Å². The molecule has 0 aromatic carbocycles. The monoisotopic (exact) mass is 339 g/mol. The highest BCUT2D eigenvalue weighted by atomic mass is 35.5. The van der Waals surface area contributed by atoms with Crippen molar-refractivity contribution in [1.82, 2.24) is 4.90 Å². The molecule has 130 valence electrons. The fourth-order valence-corrected chi connectivity index (χ4v) is 1.95. The molecule has 1 amide bonds. The molecule has 1 heterocycles. The van der Waals surface area contributed by atoms with Crippen LogP contribution < -0.4 is 0 Å². The highest BCUT2D eigenvalue weighted by Gasteiger charge is 2.11. The van der Waals surface area contributed by atoms with Crippen LogP contribution in [0.5, 0.6) is 0 Å². The van der Waals surface area contributed by atoms with Gasteiger partial charge in [-0.2, -0.15) is 0 Å². The number of ether oxygens (including phenoxy) is 5. The van der Waals surface area contributed by atoms with Crippen molar-refractivity contribution in [1.29, 1.82) is 0 Å². The van der Waals surface area contributed by atoms with Gasteiger partial charge in [-0.3, -0.25) is 4.79 Å². The Labute approximate surface area is 136 Å². The van der Waals surface area contributed by atoms with Gasteiger partial charge in [0.15, 0.2) is 0 Å². The number of hydrogen-bond acceptors (Lipinski definition) is 6. The number of amides is 1. The van der Waals surface area contributed by atoms with Gasteiger partial charge >= 0.3 is 0 Å². The Morgan fingerprint density at radius 3 is 1.32 bits per heavy atom. The summed E-state index contributed by atoms with van der Waals surface area (Å²) in [5.41, 5.74) is 0. The van der Waals surface area contributed by atoms with Crippen molar-refractivity contribution in [2.45, 2.75) is 0 Å². The molecule has 1 rings (SSSR count). The standard InChI is InChI=1S/C14H26ClNO6/c15-13-14(17)16-1-3-18-5-7-20-9-11-22-12-10-21-8-6-19-4-2-16/h1-13H2. The van der Waals surface area contributed by atoms with E-state index in [0.717, 1.165) is 0 Å². The molecule has 1 fully saturated rings. The molecule has 0 N–H and O–H groups in total. The van der Waals surface area contributed by atoms with Crippen LogP contribution in [0.25, 0.3) is 0 Å². The number of carbonyl (C=O) groups is 1. The molecule has 8 heteroatoms. The Morgan fingerprint density at radius 2 is 1.00 bits per heavy atom. The van der Waals surface area contributed by atoms with E-state index in [1.807, 2.05) is 0 Å². The maximum atomic E-state index is 11.7. The predicted molar refractivity (Wildman–Crippen MR) is 81.4 cm³/mol. The quantitative estimate of drug-likeness (QED) is 0.634. The molecule has 0 aromatic rings. The van der Waals surface area contributed by atoms with Crippen molar-refractivity contribution in [2.24, 2.45) is 0 Å². The smallest absolute Gasteiger partial charge is 0.237 e. The topological polar surface area (TPSA) is 66.5 Å². The van der Waals surface area contributed by atoms with Crippen LogP contribution in [0, 0.1) is 0 Å². The van der Waals surface area contributed by atoms with Crippen molar-refractivity contribution in [2.75, 3.05) is 85.0 Å². The molecule has 1 aliphatic rings. The van der Waals surface area contributed by atoms with Crippen molar-refractivity contribution in [3.63, 3.8) is 0 Å². The molecule has 1 aliphatic heterocycles. The Bertz CT molecular complexity index is 264. The van der Waals surface area contributed by atoms with E-state index >= 15 is 0 Å². The summed E-state index contributed by atoms with van der Waals surface area (Å²) in [5, 5.41) is 0. The van der Waals surface area contributed by atoms with E-state index in [9.17, 15) is 4.79 Å². The molecule has 0 aromatic heterocycles. The summed E-state index contributed by atoms with van der Waals surface area (Å²) in [6.45, 7) is 6.02. The minimum atomic E-state index is -0.118. The Balaban J connectivity index is 2.28. The average molecular weight is 340 g/mol. The summed E-state index contributed by atoms with van der Waals surface area (Å²) in [5.74, 6) is -0.153. The molecule has 0 unspecified atom stereocenters. The number of hydrogen-bond donors (Lipinski definition) is 0. The van der Waals surface area contributed by atoms with E-state index in [1.165, 1.54) is 0 Å². The first kappa shape index (κ1) is 19.6. The third-order valence-corrected chi connectivity index (χ3v) is 3.19. The molecule has 0 bridgehead atoms. The van der Waals surface area contributed by atoms with E-state index in [-0.39, 0.29) is 11.8 Å². The van der Waals surface area contributed by atoms with Crippen LogP contribution in [0.1, 0.15) is 0 Å². The maximum Gasteiger partial charge on any atom is 0.237 e. The minimum absolute atomic E-state index is 0.0355. The van der Waals surface area contributed by atoms with E-state index < -0.39 is 0 Å². The normalized spacial score (nSPS) is 21.8. The second kappa shape index (κ2) is 14.2. The van der Waals surface area contributed by atoms with Gasteiger partial charge in [0.1, 0.15) is 5.88 Å². The largest absolute Gasteiger partial charge is 0.377 e. The average Bonchev–Trinajstić information content (AvgIpc) is 2.54. The fourth-order valence-electron chi connectivity index (χ4n) is 1.78. The first-order valence-electron chi connectivity index (χ1n) is 7.57. The minimum Gasteiger partial charge on any atom is -0.377 e. The molecule has 1 saturated heterocycles. The van der Waals surface area contributed by atoms with Gasteiger partial charge in [-0.15, -0.1) is 11.6 Å². The van der Waals surface area contributed by atoms with Crippen LogP contribution >= 0.6 is 11.6 Å². The first-order chi connectivity index (χ1) is 10.8. The number of carbonyl (C=O) groups excluding carboxylic acids is 1. The molecular formula is C14H26ClNO6. The summed E-state index contributed by atoms with van der Waals surface area (Å²) in [6.07, 6.45) is 0. The van der Waals surface area contributed by atoms with Crippen LogP contribution in [-0.4, -0.2) is 95.8 Å². The lowest BCUT2D eigenvalue weighted by atomic mass is 10.4. The number of halogens is 1. The van der Waals surface area contributed by atoms with Gasteiger partial charge in [-0.05, 0) is 0 Å². The van der Waals surface area contributed by atoms with Gasteiger partial charge in [0, 0.05) is 13.1 Å². The van der Waals surface area contributed by atoms with Crippen LogP contribution in [0.3, 0.4) is 0 Å². The highest BCUT2D eigenvalue weighted by Crippen LogP contribution is 1.95. The van der Waals surface area contributed by atoms with Gasteiger partial charge in [0.05, 0.1) is 66.1 Å². The van der Waals surface area contributed by atoms with Gasteiger partial charge in [0.2, 0.25) is 5.91 Å².